The lowest BCUT2D eigenvalue weighted by Crippen LogP contribution is -2.27. The second-order valence-corrected chi connectivity index (χ2v) is 5.28. The smallest absolute Gasteiger partial charge is 0.130 e. The number of rotatable bonds is 4. The van der Waals surface area contributed by atoms with Crippen LogP contribution in [0.5, 0.6) is 0 Å². The van der Waals surface area contributed by atoms with Gasteiger partial charge in [0.1, 0.15) is 5.82 Å². The Bertz CT molecular complexity index is 388. The number of hydrogen-bond donors (Lipinski definition) is 1. The Kier molecular flexibility index (Phi) is 4.59. The molecule has 0 atom stereocenters. The third kappa shape index (κ3) is 3.02. The molecule has 100 valence electrons. The minimum Gasteiger partial charge on any atom is -0.391 e. The summed E-state index contributed by atoms with van der Waals surface area (Å²) in [6.07, 6.45) is 6.52. The van der Waals surface area contributed by atoms with Crippen molar-refractivity contribution in [3.63, 3.8) is 0 Å². The number of benzene rings is 1. The molecule has 0 bridgehead atoms. The molecule has 0 saturated heterocycles. The normalized spacial score (nSPS) is 16.8. The summed E-state index contributed by atoms with van der Waals surface area (Å²) in [7, 11) is 1.99. The second kappa shape index (κ2) is 6.19. The minimum absolute atomic E-state index is 0.239. The Morgan fingerprint density at radius 3 is 2.67 bits per heavy atom. The summed E-state index contributed by atoms with van der Waals surface area (Å²) in [6, 6.07) is 5.00. The highest BCUT2D eigenvalue weighted by atomic mass is 19.1. The molecule has 1 saturated carbocycles. The van der Waals surface area contributed by atoms with Gasteiger partial charge in [0, 0.05) is 24.8 Å². The van der Waals surface area contributed by atoms with Crippen LogP contribution in [0, 0.1) is 11.7 Å². The summed E-state index contributed by atoms with van der Waals surface area (Å²) in [5.41, 5.74) is 1.24. The van der Waals surface area contributed by atoms with Crippen LogP contribution in [0.15, 0.2) is 18.2 Å². The number of hydrogen-bond acceptors (Lipinski definition) is 2. The third-order valence-corrected chi connectivity index (χ3v) is 3.92. The molecule has 0 spiro atoms. The fraction of sp³-hybridized carbons (Fsp3) is 0.600. The molecule has 1 fully saturated rings. The van der Waals surface area contributed by atoms with E-state index in [2.05, 4.69) is 4.90 Å². The van der Waals surface area contributed by atoms with Gasteiger partial charge in [-0.3, -0.25) is 0 Å². The van der Waals surface area contributed by atoms with E-state index in [4.69, 9.17) is 0 Å². The van der Waals surface area contributed by atoms with Crippen molar-refractivity contribution in [2.45, 2.75) is 38.7 Å². The molecule has 3 heteroatoms. The molecule has 2 nitrogen and oxygen atoms in total. The Morgan fingerprint density at radius 1 is 1.28 bits per heavy atom. The van der Waals surface area contributed by atoms with Gasteiger partial charge in [0.15, 0.2) is 0 Å². The average Bonchev–Trinajstić information content (AvgIpc) is 2.39. The van der Waals surface area contributed by atoms with Crippen molar-refractivity contribution in [3.05, 3.63) is 29.6 Å². The van der Waals surface area contributed by atoms with E-state index >= 15 is 0 Å². The Labute approximate surface area is 108 Å². The van der Waals surface area contributed by atoms with Crippen LogP contribution in [0.25, 0.3) is 0 Å². The Hall–Kier alpha value is -1.09. The monoisotopic (exact) mass is 251 g/mol. The van der Waals surface area contributed by atoms with Crippen LogP contribution in [0.3, 0.4) is 0 Å². The summed E-state index contributed by atoms with van der Waals surface area (Å²) in [6.45, 7) is 0.716. The quantitative estimate of drug-likeness (QED) is 0.887. The highest BCUT2D eigenvalue weighted by molar-refractivity contribution is 5.53. The molecule has 0 aliphatic heterocycles. The van der Waals surface area contributed by atoms with Crippen molar-refractivity contribution in [2.75, 3.05) is 18.5 Å². The van der Waals surface area contributed by atoms with Crippen molar-refractivity contribution < 1.29 is 9.50 Å². The first-order chi connectivity index (χ1) is 8.72. The van der Waals surface area contributed by atoms with Crippen LogP contribution < -0.4 is 4.90 Å². The topological polar surface area (TPSA) is 23.5 Å². The minimum atomic E-state index is -0.314. The zero-order valence-electron chi connectivity index (χ0n) is 11.0. The first-order valence-corrected chi connectivity index (χ1v) is 6.81. The highest BCUT2D eigenvalue weighted by Crippen LogP contribution is 2.28. The van der Waals surface area contributed by atoms with Crippen molar-refractivity contribution >= 4 is 5.69 Å². The van der Waals surface area contributed by atoms with Gasteiger partial charge in [0.05, 0.1) is 6.61 Å². The lowest BCUT2D eigenvalue weighted by Gasteiger charge is -2.29. The first kappa shape index (κ1) is 13.3. The maximum atomic E-state index is 13.6. The molecule has 1 aliphatic rings. The molecule has 0 aromatic heterocycles. The number of anilines is 1. The summed E-state index contributed by atoms with van der Waals surface area (Å²) >= 11 is 0. The van der Waals surface area contributed by atoms with Crippen LogP contribution in [-0.4, -0.2) is 18.7 Å². The lowest BCUT2D eigenvalue weighted by atomic mass is 9.89. The SMILES string of the molecule is CN(CC1CCCCC1)c1cccc(F)c1CO. The van der Waals surface area contributed by atoms with E-state index in [9.17, 15) is 9.50 Å². The van der Waals surface area contributed by atoms with Gasteiger partial charge >= 0.3 is 0 Å². The molecule has 0 radical (unpaired) electrons. The molecule has 1 aliphatic carbocycles. The molecule has 1 aromatic carbocycles. The largest absolute Gasteiger partial charge is 0.391 e. The van der Waals surface area contributed by atoms with Crippen molar-refractivity contribution in [2.24, 2.45) is 5.92 Å². The van der Waals surface area contributed by atoms with Crippen LogP contribution >= 0.6 is 0 Å². The zero-order chi connectivity index (χ0) is 13.0. The fourth-order valence-corrected chi connectivity index (χ4v) is 2.92. The number of halogens is 1. The predicted octanol–water partition coefficient (Wildman–Crippen LogP) is 3.33. The second-order valence-electron chi connectivity index (χ2n) is 5.28. The summed E-state index contributed by atoms with van der Waals surface area (Å²) < 4.78 is 13.6. The van der Waals surface area contributed by atoms with E-state index in [-0.39, 0.29) is 12.4 Å². The van der Waals surface area contributed by atoms with Crippen LogP contribution in [-0.2, 0) is 6.61 Å². The molecular formula is C15H22FNO. The Balaban J connectivity index is 2.07. The van der Waals surface area contributed by atoms with Gasteiger partial charge in [-0.05, 0) is 30.9 Å². The summed E-state index contributed by atoms with van der Waals surface area (Å²) in [4.78, 5) is 2.09. The van der Waals surface area contributed by atoms with E-state index in [0.29, 0.717) is 11.5 Å². The van der Waals surface area contributed by atoms with Gasteiger partial charge in [-0.15, -0.1) is 0 Å². The predicted molar refractivity (Wildman–Crippen MR) is 72.2 cm³/mol. The van der Waals surface area contributed by atoms with E-state index in [1.807, 2.05) is 13.1 Å². The lowest BCUT2D eigenvalue weighted by molar-refractivity contribution is 0.275. The molecular weight excluding hydrogens is 229 g/mol. The van der Waals surface area contributed by atoms with Crippen molar-refractivity contribution in [3.8, 4) is 0 Å². The standard InChI is InChI=1S/C15H22FNO/c1-17(10-12-6-3-2-4-7-12)15-9-5-8-14(16)13(15)11-18/h5,8-9,12,18H,2-4,6-7,10-11H2,1H3. The van der Waals surface area contributed by atoms with E-state index in [1.54, 1.807) is 6.07 Å². The molecule has 1 aromatic rings. The van der Waals surface area contributed by atoms with Crippen LogP contribution in [0.1, 0.15) is 37.7 Å². The molecule has 2 rings (SSSR count). The average molecular weight is 251 g/mol. The Morgan fingerprint density at radius 2 is 2.00 bits per heavy atom. The number of aliphatic hydroxyl groups excluding tert-OH is 1. The zero-order valence-corrected chi connectivity index (χ0v) is 11.0. The molecule has 0 heterocycles. The van der Waals surface area contributed by atoms with Gasteiger partial charge < -0.3 is 10.0 Å². The fourth-order valence-electron chi connectivity index (χ4n) is 2.92. The van der Waals surface area contributed by atoms with Gasteiger partial charge in [-0.2, -0.15) is 0 Å². The molecule has 1 N–H and O–H groups in total. The van der Waals surface area contributed by atoms with Crippen molar-refractivity contribution in [1.29, 1.82) is 0 Å². The first-order valence-electron chi connectivity index (χ1n) is 6.81. The van der Waals surface area contributed by atoms with Crippen LogP contribution in [0.2, 0.25) is 0 Å². The van der Waals surface area contributed by atoms with E-state index < -0.39 is 0 Å². The third-order valence-electron chi connectivity index (χ3n) is 3.92. The number of nitrogens with zero attached hydrogens (tertiary/aromatic N) is 1. The van der Waals surface area contributed by atoms with Gasteiger partial charge in [0.2, 0.25) is 0 Å². The highest BCUT2D eigenvalue weighted by Gasteiger charge is 2.17. The number of aliphatic hydroxyl groups is 1. The summed E-state index contributed by atoms with van der Waals surface area (Å²) in [5.74, 6) is 0.393. The van der Waals surface area contributed by atoms with E-state index in [1.165, 1.54) is 38.2 Å². The molecule has 18 heavy (non-hydrogen) atoms. The summed E-state index contributed by atoms with van der Waals surface area (Å²) in [5, 5.41) is 9.29. The maximum Gasteiger partial charge on any atom is 0.130 e. The maximum absolute atomic E-state index is 13.6. The van der Waals surface area contributed by atoms with Gasteiger partial charge in [0.25, 0.3) is 0 Å². The van der Waals surface area contributed by atoms with Gasteiger partial charge in [-0.1, -0.05) is 25.3 Å². The molecule has 0 amide bonds. The molecule has 0 unspecified atom stereocenters. The van der Waals surface area contributed by atoms with E-state index in [0.717, 1.165) is 12.2 Å². The van der Waals surface area contributed by atoms with Gasteiger partial charge in [-0.25, -0.2) is 4.39 Å². The van der Waals surface area contributed by atoms with Crippen LogP contribution in [0.4, 0.5) is 10.1 Å². The van der Waals surface area contributed by atoms with Crippen molar-refractivity contribution in [1.82, 2.24) is 0 Å².